The van der Waals surface area contributed by atoms with E-state index < -0.39 is 0 Å². The van der Waals surface area contributed by atoms with Crippen LogP contribution in [0.1, 0.15) is 15.9 Å². The zero-order chi connectivity index (χ0) is 16.9. The summed E-state index contributed by atoms with van der Waals surface area (Å²) in [6, 6.07) is 18.6. The van der Waals surface area contributed by atoms with Gasteiger partial charge in [0, 0.05) is 10.6 Å². The van der Waals surface area contributed by atoms with Crippen molar-refractivity contribution in [3.05, 3.63) is 76.8 Å². The number of methoxy groups -OCH3 is 1. The number of carbonyl (C=O) groups is 1. The van der Waals surface area contributed by atoms with Crippen LogP contribution in [-0.2, 0) is 0 Å². The van der Waals surface area contributed by atoms with Crippen LogP contribution in [0.2, 0.25) is 5.02 Å². The molecule has 0 unspecified atom stereocenters. The molecule has 0 heterocycles. The molecule has 4 nitrogen and oxygen atoms in total. The van der Waals surface area contributed by atoms with Crippen molar-refractivity contribution >= 4 is 34.5 Å². The van der Waals surface area contributed by atoms with Gasteiger partial charge in [-0.05, 0) is 29.0 Å². The number of nitrogens with zero attached hydrogens (tertiary/aromatic N) is 1. The van der Waals surface area contributed by atoms with Gasteiger partial charge < -0.3 is 4.74 Å². The highest BCUT2D eigenvalue weighted by Crippen LogP contribution is 2.25. The summed E-state index contributed by atoms with van der Waals surface area (Å²) >= 11 is 6.05. The van der Waals surface area contributed by atoms with Gasteiger partial charge in [-0.3, -0.25) is 4.79 Å². The molecule has 1 amide bonds. The Morgan fingerprint density at radius 3 is 2.46 bits per heavy atom. The molecule has 0 bridgehead atoms. The van der Waals surface area contributed by atoms with E-state index in [2.05, 4.69) is 10.5 Å². The van der Waals surface area contributed by atoms with E-state index in [9.17, 15) is 4.79 Å². The Hall–Kier alpha value is -2.85. The number of hydrogen-bond donors (Lipinski definition) is 1. The molecule has 3 aromatic carbocycles. The van der Waals surface area contributed by atoms with Crippen LogP contribution in [0.5, 0.6) is 5.75 Å². The molecule has 0 aliphatic carbocycles. The minimum absolute atomic E-state index is 0.346. The number of amides is 1. The van der Waals surface area contributed by atoms with Crippen molar-refractivity contribution < 1.29 is 9.53 Å². The molecule has 1 N–H and O–H groups in total. The van der Waals surface area contributed by atoms with Crippen molar-refractivity contribution in [2.75, 3.05) is 7.11 Å². The highest BCUT2D eigenvalue weighted by Gasteiger charge is 2.13. The van der Waals surface area contributed by atoms with E-state index in [4.69, 9.17) is 16.3 Å². The molecule has 0 saturated carbocycles. The zero-order valence-corrected chi connectivity index (χ0v) is 13.7. The lowest BCUT2D eigenvalue weighted by Crippen LogP contribution is -2.18. The van der Waals surface area contributed by atoms with Crippen molar-refractivity contribution in [2.24, 2.45) is 5.10 Å². The van der Waals surface area contributed by atoms with E-state index in [1.54, 1.807) is 12.1 Å². The largest absolute Gasteiger partial charge is 0.496 e. The number of fused-ring (bicyclic) bond motifs is 1. The van der Waals surface area contributed by atoms with Gasteiger partial charge in [-0.15, -0.1) is 0 Å². The first-order valence-corrected chi connectivity index (χ1v) is 7.71. The number of rotatable bonds is 4. The molecule has 0 aliphatic rings. The third kappa shape index (κ3) is 3.39. The van der Waals surface area contributed by atoms with Gasteiger partial charge in [0.15, 0.2) is 0 Å². The van der Waals surface area contributed by atoms with Crippen LogP contribution in [0.3, 0.4) is 0 Å². The van der Waals surface area contributed by atoms with Crippen LogP contribution < -0.4 is 10.2 Å². The quantitative estimate of drug-likeness (QED) is 0.570. The number of hydrazone groups is 1. The number of carbonyl (C=O) groups excluding carboxylic acids is 1. The molecule has 3 aromatic rings. The van der Waals surface area contributed by atoms with Crippen molar-refractivity contribution in [1.29, 1.82) is 0 Å². The number of benzene rings is 3. The lowest BCUT2D eigenvalue weighted by atomic mass is 10.1. The second kappa shape index (κ2) is 7.15. The molecule has 120 valence electrons. The molecule has 5 heteroatoms. The summed E-state index contributed by atoms with van der Waals surface area (Å²) < 4.78 is 5.32. The molecule has 24 heavy (non-hydrogen) atoms. The Bertz CT molecular complexity index is 922. The molecule has 3 rings (SSSR count). The van der Waals surface area contributed by atoms with Gasteiger partial charge in [0.05, 0.1) is 18.9 Å². The fourth-order valence-corrected chi connectivity index (χ4v) is 2.55. The van der Waals surface area contributed by atoms with E-state index >= 15 is 0 Å². The Balaban J connectivity index is 1.84. The van der Waals surface area contributed by atoms with E-state index in [-0.39, 0.29) is 5.91 Å². The van der Waals surface area contributed by atoms with Gasteiger partial charge >= 0.3 is 0 Å². The SMILES string of the molecule is COc1cc2ccccc2cc1C(=O)NN=Cc1ccccc1Cl. The van der Waals surface area contributed by atoms with Crippen molar-refractivity contribution in [3.8, 4) is 5.75 Å². The van der Waals surface area contributed by atoms with Crippen LogP contribution in [-0.4, -0.2) is 19.2 Å². The van der Waals surface area contributed by atoms with E-state index in [0.717, 1.165) is 16.3 Å². The molecule has 0 fully saturated rings. The Morgan fingerprint density at radius 1 is 1.08 bits per heavy atom. The van der Waals surface area contributed by atoms with Crippen LogP contribution in [0, 0.1) is 0 Å². The maximum atomic E-state index is 12.4. The van der Waals surface area contributed by atoms with Gasteiger partial charge in [0.25, 0.3) is 5.91 Å². The second-order valence-corrected chi connectivity index (χ2v) is 5.53. The van der Waals surface area contributed by atoms with Gasteiger partial charge in [-0.25, -0.2) is 5.43 Å². The molecule has 0 aromatic heterocycles. The molecular formula is C19H15ClN2O2. The minimum Gasteiger partial charge on any atom is -0.496 e. The van der Waals surface area contributed by atoms with Gasteiger partial charge in [0.2, 0.25) is 0 Å². The van der Waals surface area contributed by atoms with Crippen LogP contribution >= 0.6 is 11.6 Å². The summed E-state index contributed by atoms with van der Waals surface area (Å²) in [6.45, 7) is 0. The Morgan fingerprint density at radius 2 is 1.75 bits per heavy atom. The highest BCUT2D eigenvalue weighted by molar-refractivity contribution is 6.33. The zero-order valence-electron chi connectivity index (χ0n) is 13.0. The molecule has 0 aliphatic heterocycles. The predicted octanol–water partition coefficient (Wildman–Crippen LogP) is 4.27. The first kappa shape index (κ1) is 16.0. The summed E-state index contributed by atoms with van der Waals surface area (Å²) in [5.41, 5.74) is 3.66. The van der Waals surface area contributed by atoms with Crippen LogP contribution in [0.15, 0.2) is 65.8 Å². The monoisotopic (exact) mass is 338 g/mol. The highest BCUT2D eigenvalue weighted by atomic mass is 35.5. The summed E-state index contributed by atoms with van der Waals surface area (Å²) in [5.74, 6) is 0.153. The molecule has 0 radical (unpaired) electrons. The summed E-state index contributed by atoms with van der Waals surface area (Å²) in [6.07, 6.45) is 1.51. The number of nitrogens with one attached hydrogen (secondary N) is 1. The summed E-state index contributed by atoms with van der Waals surface area (Å²) in [5, 5.41) is 6.50. The fourth-order valence-electron chi connectivity index (χ4n) is 2.37. The van der Waals surface area contributed by atoms with E-state index in [1.807, 2.05) is 48.5 Å². The summed E-state index contributed by atoms with van der Waals surface area (Å²) in [4.78, 5) is 12.4. The normalized spacial score (nSPS) is 10.9. The second-order valence-electron chi connectivity index (χ2n) is 5.12. The first-order valence-electron chi connectivity index (χ1n) is 7.34. The standard InChI is InChI=1S/C19H15ClN2O2/c1-24-18-11-14-7-3-2-6-13(14)10-16(18)19(23)22-21-12-15-8-4-5-9-17(15)20/h2-12H,1H3,(H,22,23). The maximum absolute atomic E-state index is 12.4. The third-order valence-corrected chi connectivity index (χ3v) is 3.93. The lowest BCUT2D eigenvalue weighted by Gasteiger charge is -2.09. The Labute approximate surface area is 144 Å². The molecular weight excluding hydrogens is 324 g/mol. The minimum atomic E-state index is -0.346. The van der Waals surface area contributed by atoms with Gasteiger partial charge in [0.1, 0.15) is 5.75 Å². The van der Waals surface area contributed by atoms with Crippen LogP contribution in [0.4, 0.5) is 0 Å². The Kier molecular flexibility index (Phi) is 4.77. The number of halogens is 1. The van der Waals surface area contributed by atoms with Crippen molar-refractivity contribution in [1.82, 2.24) is 5.43 Å². The average Bonchev–Trinajstić information content (AvgIpc) is 2.62. The third-order valence-electron chi connectivity index (χ3n) is 3.59. The van der Waals surface area contributed by atoms with E-state index in [0.29, 0.717) is 16.3 Å². The van der Waals surface area contributed by atoms with Crippen molar-refractivity contribution in [2.45, 2.75) is 0 Å². The van der Waals surface area contributed by atoms with Crippen LogP contribution in [0.25, 0.3) is 10.8 Å². The number of ether oxygens (including phenoxy) is 1. The van der Waals surface area contributed by atoms with Crippen molar-refractivity contribution in [3.63, 3.8) is 0 Å². The topological polar surface area (TPSA) is 50.7 Å². The average molecular weight is 339 g/mol. The first-order chi connectivity index (χ1) is 11.7. The fraction of sp³-hybridized carbons (Fsp3) is 0.0526. The summed E-state index contributed by atoms with van der Waals surface area (Å²) in [7, 11) is 1.54. The van der Waals surface area contributed by atoms with Gasteiger partial charge in [-0.1, -0.05) is 54.1 Å². The maximum Gasteiger partial charge on any atom is 0.275 e. The number of hydrogen-bond acceptors (Lipinski definition) is 3. The smallest absolute Gasteiger partial charge is 0.275 e. The molecule has 0 spiro atoms. The molecule has 0 atom stereocenters. The lowest BCUT2D eigenvalue weighted by molar-refractivity contribution is 0.0952. The van der Waals surface area contributed by atoms with Gasteiger partial charge in [-0.2, -0.15) is 5.10 Å². The predicted molar refractivity (Wildman–Crippen MR) is 97.0 cm³/mol. The molecule has 0 saturated heterocycles. The van der Waals surface area contributed by atoms with E-state index in [1.165, 1.54) is 13.3 Å².